The third-order valence-electron chi connectivity index (χ3n) is 3.00. The first-order valence-corrected chi connectivity index (χ1v) is 5.72. The Labute approximate surface area is 105 Å². The Balaban J connectivity index is 2.08. The number of imidazole rings is 1. The summed E-state index contributed by atoms with van der Waals surface area (Å²) in [6.45, 7) is 0.524. The topological polar surface area (TPSA) is 55.2 Å². The van der Waals surface area contributed by atoms with Gasteiger partial charge in [0.2, 0.25) is 6.29 Å². The standard InChI is InChI=1S/C13H15N3O2/c1-15(13(18)8-17)6-5-10-3-4-12-11(7-10)14-9-16(12)2/h3-4,7-9H,5-6H2,1-2H3. The highest BCUT2D eigenvalue weighted by Crippen LogP contribution is 2.14. The lowest BCUT2D eigenvalue weighted by molar-refractivity contribution is -0.137. The Bertz CT molecular complexity index is 589. The Hall–Kier alpha value is -2.17. The normalized spacial score (nSPS) is 10.6. The summed E-state index contributed by atoms with van der Waals surface area (Å²) in [5.41, 5.74) is 3.13. The fourth-order valence-corrected chi connectivity index (χ4v) is 1.83. The smallest absolute Gasteiger partial charge is 0.286 e. The minimum Gasteiger partial charge on any atom is -0.339 e. The largest absolute Gasteiger partial charge is 0.339 e. The van der Waals surface area contributed by atoms with Crippen LogP contribution in [-0.2, 0) is 23.1 Å². The van der Waals surface area contributed by atoms with E-state index in [0.29, 0.717) is 19.3 Å². The average Bonchev–Trinajstić information content (AvgIpc) is 2.76. The third kappa shape index (κ3) is 2.40. The summed E-state index contributed by atoms with van der Waals surface area (Å²) in [6.07, 6.45) is 2.82. The van der Waals surface area contributed by atoms with Crippen molar-refractivity contribution in [2.75, 3.05) is 13.6 Å². The summed E-state index contributed by atoms with van der Waals surface area (Å²) in [6, 6.07) is 6.04. The second kappa shape index (κ2) is 5.00. The van der Waals surface area contributed by atoms with E-state index in [1.807, 2.05) is 29.8 Å². The van der Waals surface area contributed by atoms with Crippen molar-refractivity contribution in [2.45, 2.75) is 6.42 Å². The van der Waals surface area contributed by atoms with Crippen molar-refractivity contribution in [3.8, 4) is 0 Å². The number of benzene rings is 1. The first-order chi connectivity index (χ1) is 8.61. The summed E-state index contributed by atoms with van der Waals surface area (Å²) in [5.74, 6) is -0.492. The van der Waals surface area contributed by atoms with Crippen LogP contribution < -0.4 is 0 Å². The number of carbonyl (C=O) groups excluding carboxylic acids is 2. The fraction of sp³-hybridized carbons (Fsp3) is 0.308. The molecule has 0 saturated carbocycles. The maximum absolute atomic E-state index is 11.1. The SMILES string of the molecule is CN(CCc1ccc2c(c1)ncn2C)C(=O)C=O. The van der Waals surface area contributed by atoms with Gasteiger partial charge in [-0.05, 0) is 24.1 Å². The molecule has 0 aliphatic rings. The van der Waals surface area contributed by atoms with Gasteiger partial charge in [0, 0.05) is 20.6 Å². The van der Waals surface area contributed by atoms with E-state index in [1.54, 1.807) is 13.4 Å². The second-order valence-electron chi connectivity index (χ2n) is 4.31. The van der Waals surface area contributed by atoms with Crippen molar-refractivity contribution < 1.29 is 9.59 Å². The first-order valence-electron chi connectivity index (χ1n) is 5.72. The van der Waals surface area contributed by atoms with Gasteiger partial charge in [-0.1, -0.05) is 6.07 Å². The maximum Gasteiger partial charge on any atom is 0.286 e. The minimum absolute atomic E-state index is 0.335. The van der Waals surface area contributed by atoms with E-state index >= 15 is 0 Å². The zero-order chi connectivity index (χ0) is 13.1. The number of aldehydes is 1. The number of carbonyl (C=O) groups is 2. The molecule has 18 heavy (non-hydrogen) atoms. The zero-order valence-electron chi connectivity index (χ0n) is 10.5. The van der Waals surface area contributed by atoms with Crippen LogP contribution in [0.5, 0.6) is 0 Å². The highest BCUT2D eigenvalue weighted by molar-refractivity contribution is 6.23. The van der Waals surface area contributed by atoms with Gasteiger partial charge in [-0.3, -0.25) is 9.59 Å². The van der Waals surface area contributed by atoms with E-state index in [2.05, 4.69) is 4.98 Å². The summed E-state index contributed by atoms with van der Waals surface area (Å²) >= 11 is 0. The van der Waals surface area contributed by atoms with E-state index in [4.69, 9.17) is 0 Å². The van der Waals surface area contributed by atoms with Crippen molar-refractivity contribution in [1.82, 2.24) is 14.5 Å². The molecule has 0 bridgehead atoms. The molecule has 0 aliphatic carbocycles. The summed E-state index contributed by atoms with van der Waals surface area (Å²) < 4.78 is 1.96. The highest BCUT2D eigenvalue weighted by Gasteiger charge is 2.07. The lowest BCUT2D eigenvalue weighted by Gasteiger charge is -2.13. The van der Waals surface area contributed by atoms with Gasteiger partial charge in [0.15, 0.2) is 0 Å². The molecule has 1 aromatic heterocycles. The van der Waals surface area contributed by atoms with Gasteiger partial charge >= 0.3 is 0 Å². The summed E-state index contributed by atoms with van der Waals surface area (Å²) in [4.78, 5) is 27.1. The Kier molecular flexibility index (Phi) is 3.41. The molecule has 0 atom stereocenters. The van der Waals surface area contributed by atoms with Crippen LogP contribution in [-0.4, -0.2) is 40.2 Å². The predicted octanol–water partition coefficient (Wildman–Crippen LogP) is 0.773. The van der Waals surface area contributed by atoms with Crippen LogP contribution >= 0.6 is 0 Å². The number of fused-ring (bicyclic) bond motifs is 1. The zero-order valence-corrected chi connectivity index (χ0v) is 10.5. The minimum atomic E-state index is -0.492. The Morgan fingerprint density at radius 1 is 1.50 bits per heavy atom. The molecule has 0 saturated heterocycles. The van der Waals surface area contributed by atoms with Gasteiger partial charge < -0.3 is 9.47 Å². The van der Waals surface area contributed by atoms with Gasteiger partial charge in [-0.2, -0.15) is 0 Å². The first kappa shape index (κ1) is 12.3. The van der Waals surface area contributed by atoms with Crippen molar-refractivity contribution >= 4 is 23.2 Å². The molecule has 94 valence electrons. The third-order valence-corrected chi connectivity index (χ3v) is 3.00. The van der Waals surface area contributed by atoms with E-state index in [1.165, 1.54) is 4.90 Å². The molecule has 0 spiro atoms. The number of amides is 1. The molecule has 0 fully saturated rings. The molecule has 0 radical (unpaired) electrons. The predicted molar refractivity (Wildman–Crippen MR) is 68.1 cm³/mol. The van der Waals surface area contributed by atoms with Crippen molar-refractivity contribution in [2.24, 2.45) is 7.05 Å². The lowest BCUT2D eigenvalue weighted by Crippen LogP contribution is -2.29. The second-order valence-corrected chi connectivity index (χ2v) is 4.31. The van der Waals surface area contributed by atoms with Crippen LogP contribution in [0.2, 0.25) is 0 Å². The van der Waals surface area contributed by atoms with Crippen LogP contribution in [0.4, 0.5) is 0 Å². The summed E-state index contributed by atoms with van der Waals surface area (Å²) in [7, 11) is 3.57. The van der Waals surface area contributed by atoms with Gasteiger partial charge in [-0.15, -0.1) is 0 Å². The molecule has 1 amide bonds. The van der Waals surface area contributed by atoms with Crippen molar-refractivity contribution in [3.05, 3.63) is 30.1 Å². The summed E-state index contributed by atoms with van der Waals surface area (Å²) in [5, 5.41) is 0. The molecule has 5 nitrogen and oxygen atoms in total. The van der Waals surface area contributed by atoms with Gasteiger partial charge in [0.05, 0.1) is 17.4 Å². The fourth-order valence-electron chi connectivity index (χ4n) is 1.83. The quantitative estimate of drug-likeness (QED) is 0.590. The van der Waals surface area contributed by atoms with Gasteiger partial charge in [0.1, 0.15) is 0 Å². The molecule has 1 aromatic carbocycles. The van der Waals surface area contributed by atoms with Crippen LogP contribution in [0.3, 0.4) is 0 Å². The molecule has 0 N–H and O–H groups in total. The van der Waals surface area contributed by atoms with Crippen LogP contribution in [0.1, 0.15) is 5.56 Å². The number of nitrogens with zero attached hydrogens (tertiary/aromatic N) is 3. The van der Waals surface area contributed by atoms with E-state index < -0.39 is 5.91 Å². The van der Waals surface area contributed by atoms with Gasteiger partial charge in [-0.25, -0.2) is 4.98 Å². The van der Waals surface area contributed by atoms with E-state index in [0.717, 1.165) is 16.6 Å². The highest BCUT2D eigenvalue weighted by atomic mass is 16.2. The molecule has 2 aromatic rings. The van der Waals surface area contributed by atoms with E-state index in [-0.39, 0.29) is 0 Å². The number of rotatable bonds is 4. The average molecular weight is 245 g/mol. The molecular weight excluding hydrogens is 230 g/mol. The molecule has 0 unspecified atom stereocenters. The van der Waals surface area contributed by atoms with Crippen molar-refractivity contribution in [1.29, 1.82) is 0 Å². The van der Waals surface area contributed by atoms with Crippen LogP contribution in [0.25, 0.3) is 11.0 Å². The van der Waals surface area contributed by atoms with Crippen LogP contribution in [0.15, 0.2) is 24.5 Å². The number of hydrogen-bond acceptors (Lipinski definition) is 3. The maximum atomic E-state index is 11.1. The number of likely N-dealkylation sites (N-methyl/N-ethyl adjacent to an activating group) is 1. The monoisotopic (exact) mass is 245 g/mol. The number of aryl methyl sites for hydroxylation is 1. The molecule has 2 rings (SSSR count). The molecular formula is C13H15N3O2. The molecule has 0 aliphatic heterocycles. The number of aromatic nitrogens is 2. The van der Waals surface area contributed by atoms with Gasteiger partial charge in [0.25, 0.3) is 5.91 Å². The lowest BCUT2D eigenvalue weighted by atomic mass is 10.1. The van der Waals surface area contributed by atoms with Crippen molar-refractivity contribution in [3.63, 3.8) is 0 Å². The van der Waals surface area contributed by atoms with Crippen LogP contribution in [0, 0.1) is 0 Å². The Morgan fingerprint density at radius 3 is 3.00 bits per heavy atom. The Morgan fingerprint density at radius 2 is 2.28 bits per heavy atom. The number of hydrogen-bond donors (Lipinski definition) is 0. The molecule has 5 heteroatoms. The molecule has 1 heterocycles. The van der Waals surface area contributed by atoms with E-state index in [9.17, 15) is 9.59 Å².